The van der Waals surface area contributed by atoms with Gasteiger partial charge in [-0.15, -0.1) is 0 Å². The van der Waals surface area contributed by atoms with Gasteiger partial charge < -0.3 is 4.90 Å². The van der Waals surface area contributed by atoms with Crippen LogP contribution in [-0.2, 0) is 6.54 Å². The Morgan fingerprint density at radius 2 is 1.76 bits per heavy atom. The number of halogens is 1. The van der Waals surface area contributed by atoms with Crippen molar-refractivity contribution in [2.24, 2.45) is 0 Å². The predicted molar refractivity (Wildman–Crippen MR) is 94.8 cm³/mol. The van der Waals surface area contributed by atoms with Crippen molar-refractivity contribution < 1.29 is 4.79 Å². The molecule has 21 heavy (non-hydrogen) atoms. The number of benzene rings is 2. The quantitative estimate of drug-likeness (QED) is 0.539. The van der Waals surface area contributed by atoms with E-state index < -0.39 is 0 Å². The molecule has 0 spiro atoms. The van der Waals surface area contributed by atoms with Crippen molar-refractivity contribution in [3.8, 4) is 0 Å². The first-order valence-corrected chi connectivity index (χ1v) is 7.69. The number of hydrogen-bond donors (Lipinski definition) is 0. The zero-order valence-corrected chi connectivity index (χ0v) is 13.7. The molecule has 0 aromatic heterocycles. The van der Waals surface area contributed by atoms with Gasteiger partial charge in [-0.05, 0) is 46.4 Å². The number of nitrogens with zero attached hydrogens (tertiary/aromatic N) is 1. The van der Waals surface area contributed by atoms with Gasteiger partial charge in [0.2, 0.25) is 0 Å². The molecule has 0 aliphatic rings. The second kappa shape index (κ2) is 7.78. The van der Waals surface area contributed by atoms with Crippen molar-refractivity contribution >= 4 is 28.5 Å². The molecule has 0 aliphatic heterocycles. The van der Waals surface area contributed by atoms with Gasteiger partial charge >= 0.3 is 0 Å². The summed E-state index contributed by atoms with van der Waals surface area (Å²) in [6, 6.07) is 17.5. The first kappa shape index (κ1) is 15.5. The third-order valence-electron chi connectivity index (χ3n) is 2.96. The molecule has 3 heteroatoms. The summed E-state index contributed by atoms with van der Waals surface area (Å²) in [5.41, 5.74) is 1.80. The van der Waals surface area contributed by atoms with Gasteiger partial charge in [-0.25, -0.2) is 0 Å². The minimum atomic E-state index is -0.0121. The van der Waals surface area contributed by atoms with Crippen LogP contribution in [0.15, 0.2) is 79.5 Å². The summed E-state index contributed by atoms with van der Waals surface area (Å²) in [5.74, 6) is -0.0121. The van der Waals surface area contributed by atoms with Crippen LogP contribution in [0.1, 0.15) is 15.9 Å². The fourth-order valence-electron chi connectivity index (χ4n) is 1.93. The maximum Gasteiger partial charge on any atom is 0.259 e. The molecule has 0 radical (unpaired) electrons. The number of hydrogen-bond acceptors (Lipinski definition) is 1. The molecule has 0 saturated carbocycles. The van der Waals surface area contributed by atoms with Gasteiger partial charge in [-0.3, -0.25) is 4.79 Å². The van der Waals surface area contributed by atoms with Crippen LogP contribution < -0.4 is 0 Å². The molecule has 0 unspecified atom stereocenters. The first-order chi connectivity index (χ1) is 10.2. The van der Waals surface area contributed by atoms with Crippen LogP contribution in [-0.4, -0.2) is 10.8 Å². The standard InChI is InChI=1S/C18H16INO/c1-2-3-13-20(14-15-9-5-4-6-10-15)18(21)16-11-7-8-12-17(16)19/h2-13H,1,14H2/b13-3+. The fraction of sp³-hybridized carbons (Fsp3) is 0.0556. The Labute approximate surface area is 138 Å². The topological polar surface area (TPSA) is 20.3 Å². The molecule has 0 fully saturated rings. The van der Waals surface area contributed by atoms with E-state index in [1.54, 1.807) is 23.3 Å². The van der Waals surface area contributed by atoms with E-state index in [4.69, 9.17) is 0 Å². The second-order valence-electron chi connectivity index (χ2n) is 4.48. The smallest absolute Gasteiger partial charge is 0.259 e. The van der Waals surface area contributed by atoms with Crippen LogP contribution >= 0.6 is 22.6 Å². The van der Waals surface area contributed by atoms with Gasteiger partial charge in [0.15, 0.2) is 0 Å². The molecule has 106 valence electrons. The monoisotopic (exact) mass is 389 g/mol. The van der Waals surface area contributed by atoms with Crippen molar-refractivity contribution in [2.75, 3.05) is 0 Å². The summed E-state index contributed by atoms with van der Waals surface area (Å²) in [7, 11) is 0. The van der Waals surface area contributed by atoms with Gasteiger partial charge in [-0.2, -0.15) is 0 Å². The molecule has 0 atom stereocenters. The molecule has 0 N–H and O–H groups in total. The Balaban J connectivity index is 2.28. The van der Waals surface area contributed by atoms with Gasteiger partial charge in [0, 0.05) is 9.77 Å². The third-order valence-corrected chi connectivity index (χ3v) is 3.90. The van der Waals surface area contributed by atoms with E-state index in [0.717, 1.165) is 9.13 Å². The molecule has 0 heterocycles. The summed E-state index contributed by atoms with van der Waals surface area (Å²) >= 11 is 2.19. The summed E-state index contributed by atoms with van der Waals surface area (Å²) in [6.07, 6.45) is 5.21. The highest BCUT2D eigenvalue weighted by molar-refractivity contribution is 14.1. The molecule has 2 aromatic rings. The van der Waals surface area contributed by atoms with Crippen LogP contribution in [0, 0.1) is 3.57 Å². The second-order valence-corrected chi connectivity index (χ2v) is 5.64. The lowest BCUT2D eigenvalue weighted by Gasteiger charge is -2.19. The molecule has 1 amide bonds. The number of amides is 1. The molecule has 2 nitrogen and oxygen atoms in total. The lowest BCUT2D eigenvalue weighted by Crippen LogP contribution is -2.26. The zero-order chi connectivity index (χ0) is 15.1. The Morgan fingerprint density at radius 1 is 1.10 bits per heavy atom. The number of carbonyl (C=O) groups is 1. The van der Waals surface area contributed by atoms with E-state index in [1.165, 1.54) is 0 Å². The van der Waals surface area contributed by atoms with E-state index in [2.05, 4.69) is 29.2 Å². The molecule has 0 aliphatic carbocycles. The van der Waals surface area contributed by atoms with E-state index in [0.29, 0.717) is 12.1 Å². The van der Waals surface area contributed by atoms with Crippen molar-refractivity contribution in [3.63, 3.8) is 0 Å². The maximum absolute atomic E-state index is 12.7. The average Bonchev–Trinajstić information content (AvgIpc) is 2.52. The van der Waals surface area contributed by atoms with Crippen LogP contribution in [0.25, 0.3) is 0 Å². The molecular formula is C18H16INO. The third kappa shape index (κ3) is 4.29. The van der Waals surface area contributed by atoms with Gasteiger partial charge in [-0.1, -0.05) is 55.1 Å². The van der Waals surface area contributed by atoms with E-state index in [9.17, 15) is 4.79 Å². The molecule has 0 saturated heterocycles. The van der Waals surface area contributed by atoms with Gasteiger partial charge in [0.05, 0.1) is 12.1 Å². The maximum atomic E-state index is 12.7. The van der Waals surface area contributed by atoms with Crippen LogP contribution in [0.5, 0.6) is 0 Å². The Hall–Kier alpha value is -1.88. The predicted octanol–water partition coefficient (Wildman–Crippen LogP) is 4.63. The van der Waals surface area contributed by atoms with E-state index in [-0.39, 0.29) is 5.91 Å². The number of allylic oxidation sites excluding steroid dienone is 2. The SMILES string of the molecule is C=C/C=C/N(Cc1ccccc1)C(=O)c1ccccc1I. The van der Waals surface area contributed by atoms with Crippen molar-refractivity contribution in [1.82, 2.24) is 4.90 Å². The Kier molecular flexibility index (Phi) is 5.75. The van der Waals surface area contributed by atoms with Gasteiger partial charge in [0.1, 0.15) is 0 Å². The normalized spacial score (nSPS) is 10.5. The molecular weight excluding hydrogens is 373 g/mol. The molecule has 0 bridgehead atoms. The highest BCUT2D eigenvalue weighted by Crippen LogP contribution is 2.16. The minimum Gasteiger partial charge on any atom is -0.311 e. The van der Waals surface area contributed by atoms with Crippen LogP contribution in [0.4, 0.5) is 0 Å². The molecule has 2 aromatic carbocycles. The number of carbonyl (C=O) groups excluding carboxylic acids is 1. The summed E-state index contributed by atoms with van der Waals surface area (Å²) in [4.78, 5) is 14.4. The first-order valence-electron chi connectivity index (χ1n) is 6.61. The Morgan fingerprint density at radius 3 is 2.43 bits per heavy atom. The van der Waals surface area contributed by atoms with E-state index in [1.807, 2.05) is 54.6 Å². The largest absolute Gasteiger partial charge is 0.311 e. The highest BCUT2D eigenvalue weighted by atomic mass is 127. The highest BCUT2D eigenvalue weighted by Gasteiger charge is 2.16. The van der Waals surface area contributed by atoms with Crippen LogP contribution in [0.3, 0.4) is 0 Å². The summed E-state index contributed by atoms with van der Waals surface area (Å²) in [6.45, 7) is 4.20. The average molecular weight is 389 g/mol. The van der Waals surface area contributed by atoms with E-state index >= 15 is 0 Å². The summed E-state index contributed by atoms with van der Waals surface area (Å²) in [5, 5.41) is 0. The Bertz CT molecular complexity index is 649. The fourth-order valence-corrected chi connectivity index (χ4v) is 2.54. The van der Waals surface area contributed by atoms with Crippen molar-refractivity contribution in [3.05, 3.63) is 94.2 Å². The lowest BCUT2D eigenvalue weighted by atomic mass is 10.1. The summed E-state index contributed by atoms with van der Waals surface area (Å²) < 4.78 is 0.949. The lowest BCUT2D eigenvalue weighted by molar-refractivity contribution is 0.0812. The van der Waals surface area contributed by atoms with Gasteiger partial charge in [0.25, 0.3) is 5.91 Å². The minimum absolute atomic E-state index is 0.0121. The molecule has 2 rings (SSSR count). The van der Waals surface area contributed by atoms with Crippen LogP contribution in [0.2, 0.25) is 0 Å². The number of rotatable bonds is 5. The zero-order valence-electron chi connectivity index (χ0n) is 11.6. The van der Waals surface area contributed by atoms with Crippen molar-refractivity contribution in [2.45, 2.75) is 6.54 Å². The van der Waals surface area contributed by atoms with Crippen molar-refractivity contribution in [1.29, 1.82) is 0 Å².